The van der Waals surface area contributed by atoms with Gasteiger partial charge < -0.3 is 107 Å². The summed E-state index contributed by atoms with van der Waals surface area (Å²) in [5.74, 6) is -4.53. The Balaban J connectivity index is -0.000000541. The molecule has 19 N–H and O–H groups in total. The van der Waals surface area contributed by atoms with E-state index in [4.69, 9.17) is 10.5 Å². The van der Waals surface area contributed by atoms with Crippen molar-refractivity contribution in [1.82, 2.24) is 30.2 Å². The van der Waals surface area contributed by atoms with E-state index in [9.17, 15) is 67.8 Å². The number of aliphatic carboxylic acids is 1. The van der Waals surface area contributed by atoms with Gasteiger partial charge in [-0.15, -0.1) is 0 Å². The van der Waals surface area contributed by atoms with Crippen LogP contribution in [0.4, 0.5) is 5.82 Å². The van der Waals surface area contributed by atoms with Crippen molar-refractivity contribution in [3.05, 3.63) is 12.7 Å². The molecule has 1 aliphatic rings. The van der Waals surface area contributed by atoms with Crippen LogP contribution in [0.3, 0.4) is 0 Å². The maximum absolute atomic E-state index is 12.5. The van der Waals surface area contributed by atoms with Crippen molar-refractivity contribution in [1.29, 1.82) is 0 Å². The number of imidazole rings is 1. The molecule has 9 atom stereocenters. The molecule has 0 bridgehead atoms. The summed E-state index contributed by atoms with van der Waals surface area (Å²) in [6.45, 7) is 0.888. The van der Waals surface area contributed by atoms with E-state index in [0.717, 1.165) is 38.0 Å². The maximum Gasteiger partial charge on any atom is 1.00 e. The largest absolute Gasteiger partial charge is 1.00 e. The van der Waals surface area contributed by atoms with Crippen molar-refractivity contribution in [3.8, 4) is 0 Å². The molecule has 0 aliphatic carbocycles. The fourth-order valence-electron chi connectivity index (χ4n) is 4.48. The van der Waals surface area contributed by atoms with Gasteiger partial charge in [-0.25, -0.2) is 19.3 Å². The molecule has 3 heterocycles. The van der Waals surface area contributed by atoms with Crippen molar-refractivity contribution < 1.29 is 199 Å². The number of aromatic nitrogens is 4. The number of nitrogen functional groups attached to an aromatic ring is 1. The molecule has 0 saturated carbocycles. The average Bonchev–Trinajstić information content (AvgIpc) is 3.64. The molecule has 358 valence electrons. The Morgan fingerprint density at radius 2 is 1.51 bits per heavy atom. The molecule has 1 aliphatic heterocycles. The van der Waals surface area contributed by atoms with E-state index in [1.807, 2.05) is 0 Å². The van der Waals surface area contributed by atoms with Crippen LogP contribution in [0.25, 0.3) is 11.2 Å². The summed E-state index contributed by atoms with van der Waals surface area (Å²) in [6.07, 6.45) is -7.62. The number of carbonyl (C=O) groups is 4. The molecule has 1 fully saturated rings. The monoisotopic (exact) mass is 999 g/mol. The number of carbonyl (C=O) groups excluding carboxylic acids is 4. The first-order valence-corrected chi connectivity index (χ1v) is 21.0. The third-order valence-corrected chi connectivity index (χ3v) is 11.5. The molecule has 1 saturated heterocycles. The van der Waals surface area contributed by atoms with Crippen LogP contribution in [0.2, 0.25) is 0 Å². The molecule has 2 aromatic heterocycles. The Morgan fingerprint density at radius 1 is 0.954 bits per heavy atom. The number of phosphoric ester groups is 3. The Morgan fingerprint density at radius 3 is 2.05 bits per heavy atom. The minimum atomic E-state index is -5.92. The summed E-state index contributed by atoms with van der Waals surface area (Å²) in [5, 5.41) is 36.0. The second-order valence-electron chi connectivity index (χ2n) is 12.2. The number of ether oxygens (including phenoxy) is 1. The predicted octanol–water partition coefficient (Wildman–Crippen LogP) is -21.8. The number of thioether (sulfide) groups is 1. The number of anilines is 1. The van der Waals surface area contributed by atoms with Crippen molar-refractivity contribution in [2.75, 3.05) is 37.8 Å². The second-order valence-corrected chi connectivity index (χ2v) is 17.4. The van der Waals surface area contributed by atoms with Gasteiger partial charge in [-0.1, -0.05) is 25.6 Å². The van der Waals surface area contributed by atoms with Crippen LogP contribution in [0.15, 0.2) is 12.7 Å². The van der Waals surface area contributed by atoms with Gasteiger partial charge in [0.25, 0.3) is 23.5 Å². The smallest absolute Gasteiger partial charge is 0.756 e. The molecule has 0 aromatic carbocycles. The molecule has 9 unspecified atom stereocenters. The van der Waals surface area contributed by atoms with Crippen LogP contribution in [0.5, 0.6) is 0 Å². The van der Waals surface area contributed by atoms with Gasteiger partial charge in [0, 0.05) is 30.7 Å². The van der Waals surface area contributed by atoms with E-state index in [-0.39, 0.29) is 151 Å². The van der Waals surface area contributed by atoms with E-state index >= 15 is 0 Å². The van der Waals surface area contributed by atoms with Crippen molar-refractivity contribution in [2.24, 2.45) is 11.3 Å². The van der Waals surface area contributed by atoms with E-state index in [1.54, 1.807) is 0 Å². The zero-order valence-electron chi connectivity index (χ0n) is 35.9. The first-order valence-electron chi connectivity index (χ1n) is 15.6. The SMILES string of the molecule is CC(C(=O)[O-])C(=O)SCCNC(=O)CCNC(=O)C(O)C(C)(C)COP(=O)([O-])OP(=O)([O-])OCC1OC(n2cnc3c(N)ncnc32)C(O)C1OP(=O)([O-])O.O.O.O.O.O.O.[Li+].[Li+].[Li+].[Li+]. The summed E-state index contributed by atoms with van der Waals surface area (Å²) in [5.41, 5.74) is 4.03. The van der Waals surface area contributed by atoms with Gasteiger partial charge in [0.05, 0.1) is 31.4 Å². The molecule has 3 rings (SSSR count). The molecule has 0 spiro atoms. The number of hydrogen-bond donors (Lipinski definition) is 6. The summed E-state index contributed by atoms with van der Waals surface area (Å²) in [6, 6.07) is 0. The van der Waals surface area contributed by atoms with Crippen LogP contribution in [-0.2, 0) is 55.5 Å². The van der Waals surface area contributed by atoms with E-state index < -0.39 is 102 Å². The number of phosphoric acid groups is 3. The quantitative estimate of drug-likeness (QED) is 0.0293. The summed E-state index contributed by atoms with van der Waals surface area (Å²) in [7, 11) is -17.4. The zero-order valence-corrected chi connectivity index (χ0v) is 39.4. The van der Waals surface area contributed by atoms with Gasteiger partial charge in [-0.2, -0.15) is 0 Å². The number of carboxylic acid groups (broad SMARTS) is 1. The summed E-state index contributed by atoms with van der Waals surface area (Å²) in [4.78, 5) is 104. The van der Waals surface area contributed by atoms with Gasteiger partial charge in [0.15, 0.2) is 22.8 Å². The predicted molar refractivity (Wildman–Crippen MR) is 196 cm³/mol. The Bertz CT molecular complexity index is 1890. The molecule has 0 radical (unpaired) electrons. The number of aliphatic hydroxyl groups is 2. The van der Waals surface area contributed by atoms with E-state index in [0.29, 0.717) is 11.8 Å². The van der Waals surface area contributed by atoms with Gasteiger partial charge in [0.2, 0.25) is 11.8 Å². The van der Waals surface area contributed by atoms with Crippen molar-refractivity contribution >= 4 is 75.1 Å². The Kier molecular flexibility index (Phi) is 43.0. The van der Waals surface area contributed by atoms with Gasteiger partial charge in [0.1, 0.15) is 36.3 Å². The minimum Gasteiger partial charge on any atom is -0.756 e. The van der Waals surface area contributed by atoms with Crippen LogP contribution in [-0.4, -0.2) is 147 Å². The third kappa shape index (κ3) is 25.0. The van der Waals surface area contributed by atoms with Crippen LogP contribution < -0.4 is 112 Å². The fraction of sp³-hybridized carbons (Fsp3) is 0.640. The van der Waals surface area contributed by atoms with Crippen molar-refractivity contribution in [2.45, 2.75) is 57.8 Å². The Hall–Kier alpha value is -0.820. The Labute approximate surface area is 421 Å². The molecule has 65 heavy (non-hydrogen) atoms. The number of amides is 2. The number of fused-ring (bicyclic) bond motifs is 1. The van der Waals surface area contributed by atoms with Crippen LogP contribution >= 0.6 is 35.2 Å². The number of nitrogens with one attached hydrogen (secondary N) is 2. The molecule has 32 nitrogen and oxygen atoms in total. The normalized spacial score (nSPS) is 19.6. The minimum absolute atomic E-state index is 0. The van der Waals surface area contributed by atoms with E-state index in [1.165, 1.54) is 0 Å². The molecule has 2 amide bonds. The number of aliphatic hydroxyl groups excluding tert-OH is 2. The summed E-state index contributed by atoms with van der Waals surface area (Å²) >= 11 is 0.676. The summed E-state index contributed by atoms with van der Waals surface area (Å²) < 4.78 is 60.6. The first-order chi connectivity index (χ1) is 25.3. The number of hydrogen-bond acceptors (Lipinski definition) is 23. The first kappa shape index (κ1) is 81.2. The van der Waals surface area contributed by atoms with Crippen LogP contribution in [0.1, 0.15) is 33.4 Å². The molecular formula is C25H48Li4N7O25P3S. The molecular weight excluding hydrogens is 951 g/mol. The topological polar surface area (TPSA) is 601 Å². The molecule has 2 aromatic rings. The van der Waals surface area contributed by atoms with Gasteiger partial charge in [-0.3, -0.25) is 32.6 Å². The standard InChI is InChI=1S/C25H40N7O19P3S.4Li.6H2O/c1-12(23(37)38)24(39)55-7-6-27-14(33)4-5-28-21(36)18(35)25(2,3)9-48-54(45,46)51-53(43,44)47-8-13-17(50-52(40,41)42)16(34)22(49-13)32-11-31-15-19(26)29-10-30-20(15)32;;;;;;;;;;/h10-13,16-18,22,34-35H,4-9H2,1-3H3,(H,27,33)(H,28,36)(H,37,38)(H,43,44)(H,45,46)(H2,26,29,30)(H2,40,41,42);;;;;6*1H2/q;4*+1;;;;;;/p-4. The van der Waals surface area contributed by atoms with E-state index in [2.05, 4.69) is 43.5 Å². The van der Waals surface area contributed by atoms with Crippen LogP contribution in [0, 0.1) is 11.3 Å². The van der Waals surface area contributed by atoms with Gasteiger partial charge in [-0.05, 0) is 6.92 Å². The fourth-order valence-corrected chi connectivity index (χ4v) is 7.98. The number of rotatable bonds is 21. The second kappa shape index (κ2) is 34.5. The zero-order chi connectivity index (χ0) is 41.5. The third-order valence-electron chi connectivity index (χ3n) is 7.43. The molecule has 40 heteroatoms. The number of carboxylic acids is 1. The number of nitrogens with zero attached hydrogens (tertiary/aromatic N) is 4. The number of nitrogens with two attached hydrogens (primary N) is 1. The van der Waals surface area contributed by atoms with Gasteiger partial charge >= 0.3 is 75.4 Å². The maximum atomic E-state index is 12.5. The van der Waals surface area contributed by atoms with Crippen molar-refractivity contribution in [3.63, 3.8) is 0 Å². The average molecular weight is 999 g/mol.